The number of aliphatic hydroxyl groups is 1. The van der Waals surface area contributed by atoms with Gasteiger partial charge in [0.1, 0.15) is 6.61 Å². The molecule has 108 valence electrons. The SMILES string of the molecule is CC1(C)C2C(=O)N(c3cc(C#CCO)ccc3Cl)C(=O)C21. The first-order valence-corrected chi connectivity index (χ1v) is 7.04. The van der Waals surface area contributed by atoms with E-state index in [1.54, 1.807) is 18.2 Å². The van der Waals surface area contributed by atoms with Crippen LogP contribution in [0.5, 0.6) is 0 Å². The zero-order chi connectivity index (χ0) is 15.4. The lowest BCUT2D eigenvalue weighted by Crippen LogP contribution is -2.36. The molecule has 2 aliphatic rings. The summed E-state index contributed by atoms with van der Waals surface area (Å²) in [6, 6.07) is 4.90. The van der Waals surface area contributed by atoms with Crippen LogP contribution in [0.25, 0.3) is 0 Å². The van der Waals surface area contributed by atoms with Crippen molar-refractivity contribution in [2.45, 2.75) is 13.8 Å². The molecular formula is C16H14ClNO3. The molecule has 0 radical (unpaired) electrons. The Bertz CT molecular complexity index is 690. The van der Waals surface area contributed by atoms with Gasteiger partial charge in [-0.1, -0.05) is 37.3 Å². The number of piperidine rings is 1. The van der Waals surface area contributed by atoms with Crippen LogP contribution >= 0.6 is 11.6 Å². The van der Waals surface area contributed by atoms with Gasteiger partial charge in [-0.25, -0.2) is 4.90 Å². The monoisotopic (exact) mass is 303 g/mol. The van der Waals surface area contributed by atoms with E-state index < -0.39 is 0 Å². The Labute approximate surface area is 127 Å². The molecule has 3 rings (SSSR count). The van der Waals surface area contributed by atoms with Crippen LogP contribution in [0, 0.1) is 29.1 Å². The van der Waals surface area contributed by atoms with E-state index >= 15 is 0 Å². The van der Waals surface area contributed by atoms with Crippen LogP contribution in [0.4, 0.5) is 5.69 Å². The van der Waals surface area contributed by atoms with Gasteiger partial charge in [0.2, 0.25) is 11.8 Å². The predicted octanol–water partition coefficient (Wildman–Crippen LogP) is 1.83. The number of aliphatic hydroxyl groups excluding tert-OH is 1. The van der Waals surface area contributed by atoms with Crippen molar-refractivity contribution < 1.29 is 14.7 Å². The third-order valence-electron chi connectivity index (χ3n) is 4.30. The number of amides is 2. The normalized spacial score (nSPS) is 25.4. The van der Waals surface area contributed by atoms with Gasteiger partial charge in [-0.3, -0.25) is 9.59 Å². The lowest BCUT2D eigenvalue weighted by molar-refractivity contribution is -0.125. The fraction of sp³-hybridized carbons (Fsp3) is 0.375. The van der Waals surface area contributed by atoms with Gasteiger partial charge in [0.05, 0.1) is 22.5 Å². The molecule has 2 fully saturated rings. The van der Waals surface area contributed by atoms with Crippen LogP contribution < -0.4 is 4.90 Å². The van der Waals surface area contributed by atoms with Gasteiger partial charge in [-0.2, -0.15) is 0 Å². The van der Waals surface area contributed by atoms with E-state index in [1.807, 2.05) is 13.8 Å². The molecule has 0 bridgehead atoms. The second-order valence-electron chi connectivity index (χ2n) is 5.91. The third kappa shape index (κ3) is 1.97. The zero-order valence-electron chi connectivity index (χ0n) is 11.7. The summed E-state index contributed by atoms with van der Waals surface area (Å²) >= 11 is 6.13. The molecule has 4 nitrogen and oxygen atoms in total. The van der Waals surface area contributed by atoms with E-state index in [1.165, 1.54) is 4.90 Å². The highest BCUT2D eigenvalue weighted by molar-refractivity contribution is 6.36. The van der Waals surface area contributed by atoms with Crippen molar-refractivity contribution >= 4 is 29.1 Å². The second-order valence-corrected chi connectivity index (χ2v) is 6.32. The summed E-state index contributed by atoms with van der Waals surface area (Å²) in [5, 5.41) is 9.07. The Morgan fingerprint density at radius 1 is 1.29 bits per heavy atom. The van der Waals surface area contributed by atoms with Crippen LogP contribution in [-0.2, 0) is 9.59 Å². The minimum Gasteiger partial charge on any atom is -0.384 e. The number of benzene rings is 1. The summed E-state index contributed by atoms with van der Waals surface area (Å²) in [7, 11) is 0. The molecule has 21 heavy (non-hydrogen) atoms. The second kappa shape index (κ2) is 4.59. The number of rotatable bonds is 1. The topological polar surface area (TPSA) is 57.6 Å². The fourth-order valence-electron chi connectivity index (χ4n) is 3.09. The number of halogens is 1. The maximum absolute atomic E-state index is 12.4. The highest BCUT2D eigenvalue weighted by Crippen LogP contribution is 2.63. The number of imide groups is 1. The summed E-state index contributed by atoms with van der Waals surface area (Å²) in [6.45, 7) is 3.61. The molecule has 1 saturated heterocycles. The maximum atomic E-state index is 12.4. The highest BCUT2D eigenvalue weighted by atomic mass is 35.5. The molecule has 2 atom stereocenters. The first-order chi connectivity index (χ1) is 9.89. The summed E-state index contributed by atoms with van der Waals surface area (Å²) in [6.07, 6.45) is 0. The molecule has 0 spiro atoms. The molecule has 2 amide bonds. The third-order valence-corrected chi connectivity index (χ3v) is 4.62. The minimum absolute atomic E-state index is 0.191. The Hall–Kier alpha value is -1.83. The number of hydrogen-bond acceptors (Lipinski definition) is 3. The first kappa shape index (κ1) is 14.1. The van der Waals surface area contributed by atoms with Gasteiger partial charge in [0.15, 0.2) is 0 Å². The number of anilines is 1. The van der Waals surface area contributed by atoms with Crippen molar-refractivity contribution in [1.82, 2.24) is 0 Å². The number of carbonyl (C=O) groups is 2. The molecule has 1 heterocycles. The first-order valence-electron chi connectivity index (χ1n) is 6.66. The standard InChI is InChI=1S/C16H14ClNO3/c1-16(2)12-13(16)15(21)18(14(12)20)11-8-9(4-3-7-19)5-6-10(11)17/h5-6,8,12-13,19H,7H2,1-2H3. The van der Waals surface area contributed by atoms with Gasteiger partial charge >= 0.3 is 0 Å². The van der Waals surface area contributed by atoms with Crippen LogP contribution in [0.1, 0.15) is 19.4 Å². The molecule has 1 N–H and O–H groups in total. The Morgan fingerprint density at radius 2 is 1.90 bits per heavy atom. The number of carbonyl (C=O) groups excluding carboxylic acids is 2. The average molecular weight is 304 g/mol. The lowest BCUT2D eigenvalue weighted by atomic mass is 10.0. The predicted molar refractivity (Wildman–Crippen MR) is 78.7 cm³/mol. The van der Waals surface area contributed by atoms with Crippen LogP contribution in [0.15, 0.2) is 18.2 Å². The van der Waals surface area contributed by atoms with E-state index in [4.69, 9.17) is 16.7 Å². The molecule has 1 saturated carbocycles. The van der Waals surface area contributed by atoms with Crippen molar-refractivity contribution in [3.05, 3.63) is 28.8 Å². The fourth-order valence-corrected chi connectivity index (χ4v) is 3.29. The zero-order valence-corrected chi connectivity index (χ0v) is 12.4. The van der Waals surface area contributed by atoms with Crippen molar-refractivity contribution in [1.29, 1.82) is 0 Å². The average Bonchev–Trinajstić information content (AvgIpc) is 2.89. The van der Waals surface area contributed by atoms with E-state index in [0.717, 1.165) is 0 Å². The largest absolute Gasteiger partial charge is 0.384 e. The van der Waals surface area contributed by atoms with Gasteiger partial charge in [0, 0.05) is 5.56 Å². The van der Waals surface area contributed by atoms with Gasteiger partial charge in [0.25, 0.3) is 0 Å². The maximum Gasteiger partial charge on any atom is 0.238 e. The minimum atomic E-state index is -0.252. The summed E-state index contributed by atoms with van der Waals surface area (Å²) in [5.74, 6) is 4.41. The van der Waals surface area contributed by atoms with Crippen molar-refractivity contribution in [3.63, 3.8) is 0 Å². The van der Waals surface area contributed by atoms with E-state index in [0.29, 0.717) is 16.3 Å². The molecule has 1 aromatic carbocycles. The number of hydrogen-bond donors (Lipinski definition) is 1. The summed E-state index contributed by atoms with van der Waals surface area (Å²) in [4.78, 5) is 26.0. The molecule has 1 aliphatic carbocycles. The van der Waals surface area contributed by atoms with E-state index in [2.05, 4.69) is 11.8 Å². The molecule has 5 heteroatoms. The van der Waals surface area contributed by atoms with Gasteiger partial charge in [-0.05, 0) is 23.6 Å². The number of nitrogens with zero attached hydrogens (tertiary/aromatic N) is 1. The molecule has 0 aromatic heterocycles. The molecule has 2 unspecified atom stereocenters. The number of fused-ring (bicyclic) bond motifs is 1. The molecular weight excluding hydrogens is 290 g/mol. The molecule has 1 aromatic rings. The van der Waals surface area contributed by atoms with Gasteiger partial charge < -0.3 is 5.11 Å². The Morgan fingerprint density at radius 3 is 2.48 bits per heavy atom. The quantitative estimate of drug-likeness (QED) is 0.636. The summed E-state index contributed by atoms with van der Waals surface area (Å²) in [5.41, 5.74) is 0.731. The Kier molecular flexibility index (Phi) is 3.09. The lowest BCUT2D eigenvalue weighted by Gasteiger charge is -2.21. The Balaban J connectivity index is 1.99. The highest BCUT2D eigenvalue weighted by Gasteiger charge is 2.72. The van der Waals surface area contributed by atoms with Crippen LogP contribution in [-0.4, -0.2) is 23.5 Å². The van der Waals surface area contributed by atoms with Crippen LogP contribution in [0.3, 0.4) is 0 Å². The summed E-state index contributed by atoms with van der Waals surface area (Å²) < 4.78 is 0. The van der Waals surface area contributed by atoms with Crippen molar-refractivity contribution in [2.24, 2.45) is 17.3 Å². The van der Waals surface area contributed by atoms with E-state index in [9.17, 15) is 9.59 Å². The van der Waals surface area contributed by atoms with Crippen molar-refractivity contribution in [3.8, 4) is 11.8 Å². The van der Waals surface area contributed by atoms with Crippen LogP contribution in [0.2, 0.25) is 5.02 Å². The van der Waals surface area contributed by atoms with Gasteiger partial charge in [-0.15, -0.1) is 0 Å². The van der Waals surface area contributed by atoms with Crippen molar-refractivity contribution in [2.75, 3.05) is 11.5 Å². The molecule has 1 aliphatic heterocycles. The van der Waals surface area contributed by atoms with E-state index in [-0.39, 0.29) is 35.7 Å². The smallest absolute Gasteiger partial charge is 0.238 e.